The normalized spacial score (nSPS) is 35.3. The zero-order valence-electron chi connectivity index (χ0n) is 26.2. The molecule has 12 nitrogen and oxygen atoms in total. The van der Waals surface area contributed by atoms with Gasteiger partial charge < -0.3 is 33.9 Å². The summed E-state index contributed by atoms with van der Waals surface area (Å²) in [4.78, 5) is 64.5. The van der Waals surface area contributed by atoms with E-state index in [4.69, 9.17) is 23.7 Å². The molecule has 8 atom stereocenters. The summed E-state index contributed by atoms with van der Waals surface area (Å²) < 4.78 is 29.0. The number of esters is 5. The lowest BCUT2D eigenvalue weighted by atomic mass is 9.75. The molecule has 2 fully saturated rings. The third kappa shape index (κ3) is 6.08. The Morgan fingerprint density at radius 1 is 1.00 bits per heavy atom. The molecular formula is C31H44O12. The van der Waals surface area contributed by atoms with Crippen LogP contribution in [0.1, 0.15) is 93.9 Å². The minimum atomic E-state index is -2.57. The van der Waals surface area contributed by atoms with E-state index in [0.717, 1.165) is 6.92 Å². The van der Waals surface area contributed by atoms with Gasteiger partial charge in [0.2, 0.25) is 0 Å². The van der Waals surface area contributed by atoms with Gasteiger partial charge in [0.1, 0.15) is 11.7 Å². The molecule has 1 saturated carbocycles. The highest BCUT2D eigenvalue weighted by Crippen LogP contribution is 2.57. The molecular weight excluding hydrogens is 564 g/mol. The molecule has 0 spiro atoms. The summed E-state index contributed by atoms with van der Waals surface area (Å²) in [5.74, 6) is -5.07. The van der Waals surface area contributed by atoms with Gasteiger partial charge in [-0.3, -0.25) is 14.4 Å². The Labute approximate surface area is 251 Å². The van der Waals surface area contributed by atoms with Crippen molar-refractivity contribution in [2.45, 2.75) is 135 Å². The number of rotatable bonds is 10. The highest BCUT2D eigenvalue weighted by molar-refractivity contribution is 5.88. The van der Waals surface area contributed by atoms with Gasteiger partial charge in [-0.25, -0.2) is 9.59 Å². The highest BCUT2D eigenvalue weighted by atomic mass is 16.6. The maximum absolute atomic E-state index is 13.1. The average molecular weight is 609 g/mol. The van der Waals surface area contributed by atoms with Gasteiger partial charge in [-0.15, -0.1) is 0 Å². The highest BCUT2D eigenvalue weighted by Gasteiger charge is 2.76. The minimum Gasteiger partial charge on any atom is -0.459 e. The van der Waals surface area contributed by atoms with Crippen LogP contribution in [0, 0.1) is 5.92 Å². The van der Waals surface area contributed by atoms with Crippen LogP contribution in [0.15, 0.2) is 22.8 Å². The first kappa shape index (κ1) is 34.2. The van der Waals surface area contributed by atoms with Gasteiger partial charge in [-0.2, -0.15) is 0 Å². The van der Waals surface area contributed by atoms with E-state index in [1.807, 2.05) is 6.92 Å². The number of hydrogen-bond donors (Lipinski definition) is 2. The van der Waals surface area contributed by atoms with Crippen LogP contribution in [0.25, 0.3) is 0 Å². The fourth-order valence-corrected chi connectivity index (χ4v) is 6.35. The second-order valence-corrected chi connectivity index (χ2v) is 12.0. The van der Waals surface area contributed by atoms with Crippen LogP contribution in [0.5, 0.6) is 0 Å². The first-order chi connectivity index (χ1) is 20.0. The Bertz CT molecular complexity index is 1220. The van der Waals surface area contributed by atoms with Crippen molar-refractivity contribution >= 4 is 29.8 Å². The number of carbonyl (C=O) groups excluding carboxylic acids is 5. The maximum atomic E-state index is 13.1. The van der Waals surface area contributed by atoms with E-state index in [-0.39, 0.29) is 29.6 Å². The molecule has 2 N–H and O–H groups in total. The molecule has 1 saturated heterocycles. The smallest absolute Gasteiger partial charge is 0.341 e. The van der Waals surface area contributed by atoms with E-state index in [1.54, 1.807) is 33.8 Å². The van der Waals surface area contributed by atoms with Crippen LogP contribution in [0.4, 0.5) is 0 Å². The molecule has 0 amide bonds. The summed E-state index contributed by atoms with van der Waals surface area (Å²) in [7, 11) is 0. The van der Waals surface area contributed by atoms with E-state index in [2.05, 4.69) is 0 Å². The van der Waals surface area contributed by atoms with Gasteiger partial charge in [-0.05, 0) is 58.6 Å². The Balaban J connectivity index is 2.32. The van der Waals surface area contributed by atoms with Gasteiger partial charge in [0, 0.05) is 31.8 Å². The molecule has 43 heavy (non-hydrogen) atoms. The third-order valence-electron chi connectivity index (χ3n) is 8.76. The number of fused-ring (bicyclic) bond motifs is 3. The van der Waals surface area contributed by atoms with Crippen molar-refractivity contribution in [3.63, 3.8) is 0 Å². The predicted molar refractivity (Wildman–Crippen MR) is 150 cm³/mol. The fraction of sp³-hybridized carbons (Fsp3) is 0.710. The summed E-state index contributed by atoms with van der Waals surface area (Å²) in [6, 6.07) is 0. The molecule has 0 aromatic heterocycles. The number of aliphatic hydroxyl groups is 2. The number of allylic oxidation sites excluding steroid dienone is 1. The van der Waals surface area contributed by atoms with Gasteiger partial charge in [0.15, 0.2) is 29.5 Å². The van der Waals surface area contributed by atoms with Gasteiger partial charge in [0.05, 0.1) is 5.92 Å². The fourth-order valence-electron chi connectivity index (χ4n) is 6.35. The topological polar surface area (TPSA) is 172 Å². The Morgan fingerprint density at radius 2 is 1.63 bits per heavy atom. The SMILES string of the molecule is C/C=C(/C)C(=O)O[C@H]1C(C)=C2[C@H]([C@@H]1OC(=O)CCCC)[C@@](C)(OC(C)=O)C[C@H](OC(=O)CCC)[C@@]1(O)[C@H]2OC(=O)[C@@]1(C)O. The van der Waals surface area contributed by atoms with Crippen LogP contribution < -0.4 is 0 Å². The molecule has 3 rings (SSSR count). The van der Waals surface area contributed by atoms with Gasteiger partial charge in [0.25, 0.3) is 0 Å². The molecule has 0 unspecified atom stereocenters. The number of hydrogen-bond acceptors (Lipinski definition) is 12. The second-order valence-electron chi connectivity index (χ2n) is 12.0. The number of carbonyl (C=O) groups is 5. The Kier molecular flexibility index (Phi) is 10.2. The number of unbranched alkanes of at least 4 members (excludes halogenated alkanes) is 1. The second kappa shape index (κ2) is 12.8. The molecule has 0 aromatic rings. The van der Waals surface area contributed by atoms with Crippen LogP contribution in [-0.4, -0.2) is 81.3 Å². The summed E-state index contributed by atoms with van der Waals surface area (Å²) in [5.41, 5.74) is -6.13. The number of ether oxygens (including phenoxy) is 5. The Hall–Kier alpha value is -3.25. The van der Waals surface area contributed by atoms with Gasteiger partial charge >= 0.3 is 29.8 Å². The van der Waals surface area contributed by atoms with E-state index < -0.39 is 83.4 Å². The van der Waals surface area contributed by atoms with Crippen LogP contribution in [0.3, 0.4) is 0 Å². The van der Waals surface area contributed by atoms with Crippen molar-refractivity contribution in [2.75, 3.05) is 0 Å². The van der Waals surface area contributed by atoms with Crippen molar-refractivity contribution < 1.29 is 57.9 Å². The molecule has 240 valence electrons. The van der Waals surface area contributed by atoms with Crippen molar-refractivity contribution in [1.82, 2.24) is 0 Å². The molecule has 3 aliphatic rings. The Morgan fingerprint density at radius 3 is 2.19 bits per heavy atom. The molecule has 0 bridgehead atoms. The maximum Gasteiger partial charge on any atom is 0.341 e. The van der Waals surface area contributed by atoms with Crippen molar-refractivity contribution in [3.05, 3.63) is 22.8 Å². The van der Waals surface area contributed by atoms with E-state index >= 15 is 0 Å². The molecule has 2 aliphatic carbocycles. The lowest BCUT2D eigenvalue weighted by Crippen LogP contribution is -2.64. The van der Waals surface area contributed by atoms with E-state index in [1.165, 1.54) is 13.8 Å². The van der Waals surface area contributed by atoms with Crippen LogP contribution in [-0.2, 0) is 47.7 Å². The van der Waals surface area contributed by atoms with Crippen molar-refractivity contribution in [2.24, 2.45) is 5.92 Å². The lowest BCUT2D eigenvalue weighted by Gasteiger charge is -2.41. The summed E-state index contributed by atoms with van der Waals surface area (Å²) in [6.45, 7) is 12.2. The quantitative estimate of drug-likeness (QED) is 0.161. The first-order valence-electron chi connectivity index (χ1n) is 14.8. The summed E-state index contributed by atoms with van der Waals surface area (Å²) >= 11 is 0. The molecule has 1 heterocycles. The predicted octanol–water partition coefficient (Wildman–Crippen LogP) is 2.76. The standard InChI is InChI=1S/C31H44O12/c1-9-12-14-21(34)40-25-23-22(17(5)24(25)41-27(35)16(4)11-3)26-31(38,30(8,37)28(36)42-26)19(39-20(33)13-10-2)15-29(23,7)43-18(6)32/h11,19,23-26,37-38H,9-10,12-15H2,1-8H3/b16-11-/t19-,23+,24-,25-,26-,29-,30+,31+/m0/s1. The lowest BCUT2D eigenvalue weighted by molar-refractivity contribution is -0.212. The van der Waals surface area contributed by atoms with Gasteiger partial charge in [-0.1, -0.05) is 26.3 Å². The summed E-state index contributed by atoms with van der Waals surface area (Å²) in [6.07, 6.45) is -2.93. The largest absolute Gasteiger partial charge is 0.459 e. The molecule has 12 heteroatoms. The van der Waals surface area contributed by atoms with Crippen molar-refractivity contribution in [3.8, 4) is 0 Å². The molecule has 0 aromatic carbocycles. The van der Waals surface area contributed by atoms with Crippen LogP contribution in [0.2, 0.25) is 0 Å². The summed E-state index contributed by atoms with van der Waals surface area (Å²) in [5, 5.41) is 23.7. The van der Waals surface area contributed by atoms with E-state index in [9.17, 15) is 34.2 Å². The van der Waals surface area contributed by atoms with E-state index in [0.29, 0.717) is 19.3 Å². The van der Waals surface area contributed by atoms with Crippen LogP contribution >= 0.6 is 0 Å². The zero-order valence-corrected chi connectivity index (χ0v) is 26.2. The average Bonchev–Trinajstić information content (AvgIpc) is 3.25. The minimum absolute atomic E-state index is 0.0242. The zero-order chi connectivity index (χ0) is 32.5. The molecule has 1 aliphatic heterocycles. The third-order valence-corrected chi connectivity index (χ3v) is 8.76. The monoisotopic (exact) mass is 608 g/mol. The molecule has 0 radical (unpaired) electrons. The van der Waals surface area contributed by atoms with Crippen molar-refractivity contribution in [1.29, 1.82) is 0 Å². The first-order valence-corrected chi connectivity index (χ1v) is 14.8.